The van der Waals surface area contributed by atoms with Crippen LogP contribution in [0.4, 0.5) is 0 Å². The van der Waals surface area contributed by atoms with Crippen LogP contribution < -0.4 is 10.6 Å². The van der Waals surface area contributed by atoms with Crippen LogP contribution in [0.1, 0.15) is 27.2 Å². The van der Waals surface area contributed by atoms with Crippen molar-refractivity contribution in [3.05, 3.63) is 0 Å². The zero-order valence-corrected chi connectivity index (χ0v) is 10.9. The molecular weight excluding hydrogens is 208 g/mol. The van der Waals surface area contributed by atoms with Gasteiger partial charge >= 0.3 is 0 Å². The summed E-state index contributed by atoms with van der Waals surface area (Å²) in [6, 6.07) is 0.568. The van der Waals surface area contributed by atoms with Crippen LogP contribution in [0.25, 0.3) is 0 Å². The van der Waals surface area contributed by atoms with Crippen molar-refractivity contribution in [2.75, 3.05) is 19.3 Å². The Morgan fingerprint density at radius 3 is 2.67 bits per heavy atom. The van der Waals surface area contributed by atoms with Crippen LogP contribution in [0, 0.1) is 5.41 Å². The van der Waals surface area contributed by atoms with Gasteiger partial charge in [-0.1, -0.05) is 6.92 Å². The fourth-order valence-corrected chi connectivity index (χ4v) is 3.03. The standard InChI is InChI=1S/C11H22N2OS/c1-8-9(5-6-15-8)13-7-11(2,3)10(14)12-4/h8-9,13H,5-7H2,1-4H3,(H,12,14). The Hall–Kier alpha value is -0.220. The van der Waals surface area contributed by atoms with Crippen LogP contribution in [0.15, 0.2) is 0 Å². The normalized spacial score (nSPS) is 26.7. The summed E-state index contributed by atoms with van der Waals surface area (Å²) >= 11 is 2.01. The molecule has 2 atom stereocenters. The number of nitrogens with one attached hydrogen (secondary N) is 2. The molecule has 1 saturated heterocycles. The van der Waals surface area contributed by atoms with E-state index in [-0.39, 0.29) is 11.3 Å². The molecule has 0 radical (unpaired) electrons. The number of amides is 1. The molecule has 4 heteroatoms. The Morgan fingerprint density at radius 1 is 1.53 bits per heavy atom. The van der Waals surface area contributed by atoms with E-state index in [4.69, 9.17) is 0 Å². The van der Waals surface area contributed by atoms with Crippen molar-refractivity contribution in [2.24, 2.45) is 5.41 Å². The van der Waals surface area contributed by atoms with E-state index < -0.39 is 0 Å². The lowest BCUT2D eigenvalue weighted by Gasteiger charge is -2.26. The van der Waals surface area contributed by atoms with Gasteiger partial charge in [-0.3, -0.25) is 4.79 Å². The molecule has 2 unspecified atom stereocenters. The monoisotopic (exact) mass is 230 g/mol. The molecule has 1 aliphatic heterocycles. The molecule has 0 bridgehead atoms. The van der Waals surface area contributed by atoms with Crippen molar-refractivity contribution in [3.8, 4) is 0 Å². The van der Waals surface area contributed by atoms with Gasteiger partial charge in [0.1, 0.15) is 0 Å². The highest BCUT2D eigenvalue weighted by Crippen LogP contribution is 2.26. The number of thioether (sulfide) groups is 1. The second-order valence-electron chi connectivity index (χ2n) is 4.81. The first kappa shape index (κ1) is 12.8. The van der Waals surface area contributed by atoms with Crippen LogP contribution >= 0.6 is 11.8 Å². The zero-order chi connectivity index (χ0) is 11.5. The van der Waals surface area contributed by atoms with Gasteiger partial charge < -0.3 is 10.6 Å². The predicted molar refractivity (Wildman–Crippen MR) is 66.2 cm³/mol. The van der Waals surface area contributed by atoms with Gasteiger partial charge in [0.2, 0.25) is 5.91 Å². The number of rotatable bonds is 4. The molecule has 0 aromatic carbocycles. The molecule has 1 aliphatic rings. The van der Waals surface area contributed by atoms with Crippen molar-refractivity contribution in [2.45, 2.75) is 38.5 Å². The maximum Gasteiger partial charge on any atom is 0.226 e. The third-order valence-corrected chi connectivity index (χ3v) is 4.35. The lowest BCUT2D eigenvalue weighted by Crippen LogP contribution is -2.46. The fraction of sp³-hybridized carbons (Fsp3) is 0.909. The van der Waals surface area contributed by atoms with Crippen LogP contribution in [-0.2, 0) is 4.79 Å². The van der Waals surface area contributed by atoms with E-state index in [1.54, 1.807) is 7.05 Å². The molecule has 0 aromatic heterocycles. The van der Waals surface area contributed by atoms with Crippen molar-refractivity contribution < 1.29 is 4.79 Å². The number of carbonyl (C=O) groups excluding carboxylic acids is 1. The average molecular weight is 230 g/mol. The van der Waals surface area contributed by atoms with Gasteiger partial charge in [-0.15, -0.1) is 0 Å². The van der Waals surface area contributed by atoms with Crippen LogP contribution in [0.5, 0.6) is 0 Å². The summed E-state index contributed by atoms with van der Waals surface area (Å²) < 4.78 is 0. The number of carbonyl (C=O) groups is 1. The number of hydrogen-bond donors (Lipinski definition) is 2. The van der Waals surface area contributed by atoms with Gasteiger partial charge in [-0.25, -0.2) is 0 Å². The third kappa shape index (κ3) is 3.38. The van der Waals surface area contributed by atoms with Gasteiger partial charge in [-0.05, 0) is 26.0 Å². The molecular formula is C11H22N2OS. The smallest absolute Gasteiger partial charge is 0.226 e. The number of hydrogen-bond acceptors (Lipinski definition) is 3. The van der Waals surface area contributed by atoms with E-state index in [0.29, 0.717) is 11.3 Å². The van der Waals surface area contributed by atoms with E-state index in [1.807, 2.05) is 25.6 Å². The van der Waals surface area contributed by atoms with Crippen molar-refractivity contribution in [1.82, 2.24) is 10.6 Å². The minimum atomic E-state index is -0.318. The topological polar surface area (TPSA) is 41.1 Å². The summed E-state index contributed by atoms with van der Waals surface area (Å²) in [4.78, 5) is 11.6. The van der Waals surface area contributed by atoms with Gasteiger partial charge in [-0.2, -0.15) is 11.8 Å². The minimum Gasteiger partial charge on any atom is -0.359 e. The first-order valence-electron chi connectivity index (χ1n) is 5.54. The summed E-state index contributed by atoms with van der Waals surface area (Å²) in [5.41, 5.74) is -0.318. The molecule has 1 heterocycles. The molecule has 0 aromatic rings. The van der Waals surface area contributed by atoms with Crippen LogP contribution in [-0.4, -0.2) is 36.5 Å². The SMILES string of the molecule is CNC(=O)C(C)(C)CNC1CCSC1C. The van der Waals surface area contributed by atoms with Crippen LogP contribution in [0.3, 0.4) is 0 Å². The van der Waals surface area contributed by atoms with Crippen molar-refractivity contribution in [1.29, 1.82) is 0 Å². The Labute approximate surface area is 96.8 Å². The second kappa shape index (κ2) is 5.21. The maximum absolute atomic E-state index is 11.6. The zero-order valence-electron chi connectivity index (χ0n) is 10.1. The Morgan fingerprint density at radius 2 is 2.20 bits per heavy atom. The van der Waals surface area contributed by atoms with Crippen LogP contribution in [0.2, 0.25) is 0 Å². The molecule has 1 fully saturated rings. The molecule has 0 spiro atoms. The molecule has 1 rings (SSSR count). The predicted octanol–water partition coefficient (Wildman–Crippen LogP) is 1.24. The van der Waals surface area contributed by atoms with Gasteiger partial charge in [0.25, 0.3) is 0 Å². The van der Waals surface area contributed by atoms with E-state index in [0.717, 1.165) is 6.54 Å². The maximum atomic E-state index is 11.6. The summed E-state index contributed by atoms with van der Waals surface area (Å²) in [5.74, 6) is 1.34. The first-order valence-corrected chi connectivity index (χ1v) is 6.59. The van der Waals surface area contributed by atoms with E-state index in [2.05, 4.69) is 17.6 Å². The van der Waals surface area contributed by atoms with E-state index in [9.17, 15) is 4.79 Å². The first-order chi connectivity index (χ1) is 6.97. The van der Waals surface area contributed by atoms with Gasteiger partial charge in [0.05, 0.1) is 5.41 Å². The highest BCUT2D eigenvalue weighted by atomic mass is 32.2. The Bertz CT molecular complexity index is 231. The minimum absolute atomic E-state index is 0.105. The highest BCUT2D eigenvalue weighted by Gasteiger charge is 2.30. The van der Waals surface area contributed by atoms with Gasteiger partial charge in [0.15, 0.2) is 0 Å². The van der Waals surface area contributed by atoms with Crippen molar-refractivity contribution >= 4 is 17.7 Å². The molecule has 1 amide bonds. The molecule has 3 nitrogen and oxygen atoms in total. The lowest BCUT2D eigenvalue weighted by atomic mass is 9.91. The summed E-state index contributed by atoms with van der Waals surface area (Å²) in [5, 5.41) is 6.88. The Kier molecular flexibility index (Phi) is 4.46. The molecule has 88 valence electrons. The average Bonchev–Trinajstić information content (AvgIpc) is 2.60. The summed E-state index contributed by atoms with van der Waals surface area (Å²) in [6.07, 6.45) is 1.22. The quantitative estimate of drug-likeness (QED) is 0.763. The molecule has 2 N–H and O–H groups in total. The highest BCUT2D eigenvalue weighted by molar-refractivity contribution is 8.00. The summed E-state index contributed by atoms with van der Waals surface area (Å²) in [6.45, 7) is 6.96. The fourth-order valence-electron chi connectivity index (χ4n) is 1.80. The largest absolute Gasteiger partial charge is 0.359 e. The molecule has 0 aliphatic carbocycles. The Balaban J connectivity index is 2.38. The molecule has 0 saturated carbocycles. The van der Waals surface area contributed by atoms with Gasteiger partial charge in [0, 0.05) is 24.9 Å². The second-order valence-corrected chi connectivity index (χ2v) is 6.30. The third-order valence-electron chi connectivity index (χ3n) is 3.02. The van der Waals surface area contributed by atoms with E-state index in [1.165, 1.54) is 12.2 Å². The summed E-state index contributed by atoms with van der Waals surface area (Å²) in [7, 11) is 1.69. The lowest BCUT2D eigenvalue weighted by molar-refractivity contribution is -0.128. The molecule has 15 heavy (non-hydrogen) atoms. The van der Waals surface area contributed by atoms with Crippen molar-refractivity contribution in [3.63, 3.8) is 0 Å². The van der Waals surface area contributed by atoms with E-state index >= 15 is 0 Å².